The lowest BCUT2D eigenvalue weighted by molar-refractivity contribution is -0.274. The van der Waals surface area contributed by atoms with Gasteiger partial charge in [-0.3, -0.25) is 10.4 Å². The van der Waals surface area contributed by atoms with E-state index in [1.165, 1.54) is 24.4 Å². The Labute approximate surface area is 112 Å². The minimum atomic E-state index is -4.71. The zero-order valence-corrected chi connectivity index (χ0v) is 10.1. The van der Waals surface area contributed by atoms with E-state index in [1.54, 1.807) is 30.6 Å². The molecule has 0 saturated carbocycles. The highest BCUT2D eigenvalue weighted by Gasteiger charge is 2.31. The molecule has 0 unspecified atom stereocenters. The maximum Gasteiger partial charge on any atom is 0.573 e. The van der Waals surface area contributed by atoms with Crippen molar-refractivity contribution in [3.05, 3.63) is 54.4 Å². The molecule has 0 radical (unpaired) electrons. The minimum Gasteiger partial charge on any atom is -0.406 e. The van der Waals surface area contributed by atoms with Gasteiger partial charge in [-0.25, -0.2) is 0 Å². The van der Waals surface area contributed by atoms with Gasteiger partial charge in [0.1, 0.15) is 5.75 Å². The number of rotatable bonds is 4. The predicted octanol–water partition coefficient (Wildman–Crippen LogP) is 3.43. The third-order valence-corrected chi connectivity index (χ3v) is 2.18. The molecule has 1 heterocycles. The van der Waals surface area contributed by atoms with Crippen molar-refractivity contribution in [3.63, 3.8) is 0 Å². The number of alkyl halides is 3. The predicted molar refractivity (Wildman–Crippen MR) is 68.6 cm³/mol. The molecule has 7 heteroatoms. The van der Waals surface area contributed by atoms with Gasteiger partial charge < -0.3 is 4.74 Å². The molecule has 0 aliphatic heterocycles. The standard InChI is InChI=1S/C13H10F3N3O/c14-13(15,16)20-12-3-1-2-11(8-12)19-18-9-10-4-6-17-7-5-10/h1-9,19H/b18-9+. The maximum absolute atomic E-state index is 12.1. The monoisotopic (exact) mass is 281 g/mol. The first-order chi connectivity index (χ1) is 9.53. The van der Waals surface area contributed by atoms with Crippen LogP contribution in [0.4, 0.5) is 18.9 Å². The number of aromatic nitrogens is 1. The summed E-state index contributed by atoms with van der Waals surface area (Å²) in [5, 5.41) is 3.91. The van der Waals surface area contributed by atoms with E-state index in [0.717, 1.165) is 5.56 Å². The number of ether oxygens (including phenoxy) is 1. The minimum absolute atomic E-state index is 0.304. The summed E-state index contributed by atoms with van der Waals surface area (Å²) in [4.78, 5) is 3.85. The van der Waals surface area contributed by atoms with Gasteiger partial charge in [-0.15, -0.1) is 13.2 Å². The van der Waals surface area contributed by atoms with Crippen molar-refractivity contribution in [3.8, 4) is 5.75 Å². The first-order valence-electron chi connectivity index (χ1n) is 5.58. The van der Waals surface area contributed by atoms with Crippen LogP contribution in [0.2, 0.25) is 0 Å². The Kier molecular flexibility index (Phi) is 4.19. The second-order valence-electron chi connectivity index (χ2n) is 3.73. The van der Waals surface area contributed by atoms with Crippen molar-refractivity contribution < 1.29 is 17.9 Å². The summed E-state index contributed by atoms with van der Waals surface area (Å²) in [5.74, 6) is -0.304. The van der Waals surface area contributed by atoms with E-state index >= 15 is 0 Å². The van der Waals surface area contributed by atoms with Crippen LogP contribution in [0.25, 0.3) is 0 Å². The smallest absolute Gasteiger partial charge is 0.406 e. The van der Waals surface area contributed by atoms with Crippen LogP contribution in [0.5, 0.6) is 5.75 Å². The lowest BCUT2D eigenvalue weighted by atomic mass is 10.3. The third-order valence-electron chi connectivity index (χ3n) is 2.18. The van der Waals surface area contributed by atoms with Crippen molar-refractivity contribution in [2.45, 2.75) is 6.36 Å². The Morgan fingerprint density at radius 2 is 1.90 bits per heavy atom. The quantitative estimate of drug-likeness (QED) is 0.690. The van der Waals surface area contributed by atoms with E-state index in [-0.39, 0.29) is 5.75 Å². The lowest BCUT2D eigenvalue weighted by Crippen LogP contribution is -2.17. The van der Waals surface area contributed by atoms with E-state index < -0.39 is 6.36 Å². The molecule has 0 spiro atoms. The Balaban J connectivity index is 2.00. The van der Waals surface area contributed by atoms with Crippen LogP contribution in [0.15, 0.2) is 53.9 Å². The van der Waals surface area contributed by atoms with Gasteiger partial charge in [-0.2, -0.15) is 5.10 Å². The number of hydrogen-bond acceptors (Lipinski definition) is 4. The van der Waals surface area contributed by atoms with Crippen LogP contribution in [-0.2, 0) is 0 Å². The van der Waals surface area contributed by atoms with E-state index in [9.17, 15) is 13.2 Å². The number of hydrazone groups is 1. The Bertz CT molecular complexity index is 585. The fourth-order valence-corrected chi connectivity index (χ4v) is 1.39. The molecule has 0 aliphatic rings. The third kappa shape index (κ3) is 4.60. The molecule has 0 amide bonds. The lowest BCUT2D eigenvalue weighted by Gasteiger charge is -2.09. The average molecular weight is 281 g/mol. The first-order valence-corrected chi connectivity index (χ1v) is 5.58. The van der Waals surface area contributed by atoms with E-state index in [1.807, 2.05) is 0 Å². The van der Waals surface area contributed by atoms with Gasteiger partial charge in [0.15, 0.2) is 0 Å². The number of nitrogens with zero attached hydrogens (tertiary/aromatic N) is 2. The SMILES string of the molecule is FC(F)(F)Oc1cccc(N/N=C/c2ccncc2)c1. The fourth-order valence-electron chi connectivity index (χ4n) is 1.39. The zero-order chi connectivity index (χ0) is 14.4. The maximum atomic E-state index is 12.1. The topological polar surface area (TPSA) is 46.5 Å². The summed E-state index contributed by atoms with van der Waals surface area (Å²) in [6, 6.07) is 8.92. The molecule has 0 bridgehead atoms. The van der Waals surface area contributed by atoms with E-state index in [0.29, 0.717) is 5.69 Å². The van der Waals surface area contributed by atoms with Crippen LogP contribution in [0.3, 0.4) is 0 Å². The Hall–Kier alpha value is -2.57. The first kappa shape index (κ1) is 13.9. The summed E-state index contributed by atoms with van der Waals surface area (Å²) >= 11 is 0. The van der Waals surface area contributed by atoms with E-state index in [2.05, 4.69) is 20.2 Å². The molecule has 0 aliphatic carbocycles. The molecule has 0 fully saturated rings. The number of anilines is 1. The van der Waals surface area contributed by atoms with Gasteiger partial charge in [0.25, 0.3) is 0 Å². The Morgan fingerprint density at radius 1 is 1.15 bits per heavy atom. The van der Waals surface area contributed by atoms with Crippen molar-refractivity contribution >= 4 is 11.9 Å². The van der Waals surface area contributed by atoms with Gasteiger partial charge >= 0.3 is 6.36 Å². The molecule has 0 atom stereocenters. The second-order valence-corrected chi connectivity index (χ2v) is 3.73. The van der Waals surface area contributed by atoms with Crippen LogP contribution in [0, 0.1) is 0 Å². The number of benzene rings is 1. The van der Waals surface area contributed by atoms with Crippen molar-refractivity contribution in [2.75, 3.05) is 5.43 Å². The molecule has 1 N–H and O–H groups in total. The summed E-state index contributed by atoms with van der Waals surface area (Å²) in [5.41, 5.74) is 3.82. The number of halogens is 3. The molecule has 2 rings (SSSR count). The second kappa shape index (κ2) is 6.05. The van der Waals surface area contributed by atoms with Gasteiger partial charge in [0.05, 0.1) is 11.9 Å². The molecule has 104 valence electrons. The fraction of sp³-hybridized carbons (Fsp3) is 0.0769. The number of hydrogen-bond donors (Lipinski definition) is 1. The highest BCUT2D eigenvalue weighted by atomic mass is 19.4. The molecule has 1 aromatic heterocycles. The van der Waals surface area contributed by atoms with Crippen molar-refractivity contribution in [1.82, 2.24) is 4.98 Å². The molecule has 4 nitrogen and oxygen atoms in total. The van der Waals surface area contributed by atoms with Crippen LogP contribution < -0.4 is 10.2 Å². The van der Waals surface area contributed by atoms with Gasteiger partial charge in [-0.1, -0.05) is 6.07 Å². The van der Waals surface area contributed by atoms with Gasteiger partial charge in [0.2, 0.25) is 0 Å². The normalized spacial score (nSPS) is 11.6. The number of pyridine rings is 1. The molecule has 1 aromatic carbocycles. The summed E-state index contributed by atoms with van der Waals surface area (Å²) in [6.45, 7) is 0. The van der Waals surface area contributed by atoms with Crippen molar-refractivity contribution in [1.29, 1.82) is 0 Å². The molecule has 2 aromatic rings. The highest BCUT2D eigenvalue weighted by molar-refractivity contribution is 5.79. The van der Waals surface area contributed by atoms with Crippen molar-refractivity contribution in [2.24, 2.45) is 5.10 Å². The highest BCUT2D eigenvalue weighted by Crippen LogP contribution is 2.24. The largest absolute Gasteiger partial charge is 0.573 e. The van der Waals surface area contributed by atoms with Crippen LogP contribution >= 0.6 is 0 Å². The average Bonchev–Trinajstić information content (AvgIpc) is 2.38. The van der Waals surface area contributed by atoms with Gasteiger partial charge in [0, 0.05) is 18.5 Å². The molecular formula is C13H10F3N3O. The molecule has 20 heavy (non-hydrogen) atoms. The van der Waals surface area contributed by atoms with Gasteiger partial charge in [-0.05, 0) is 29.8 Å². The number of nitrogens with one attached hydrogen (secondary N) is 1. The Morgan fingerprint density at radius 3 is 2.60 bits per heavy atom. The molecule has 0 saturated heterocycles. The summed E-state index contributed by atoms with van der Waals surface area (Å²) in [7, 11) is 0. The van der Waals surface area contributed by atoms with Crippen LogP contribution in [0.1, 0.15) is 5.56 Å². The van der Waals surface area contributed by atoms with E-state index in [4.69, 9.17) is 0 Å². The zero-order valence-electron chi connectivity index (χ0n) is 10.1. The summed E-state index contributed by atoms with van der Waals surface area (Å²) in [6.07, 6.45) is 0.0379. The van der Waals surface area contributed by atoms with Crippen LogP contribution in [-0.4, -0.2) is 17.6 Å². The molecular weight excluding hydrogens is 271 g/mol. The summed E-state index contributed by atoms with van der Waals surface area (Å²) < 4.78 is 40.0.